The highest BCUT2D eigenvalue weighted by Crippen LogP contribution is 2.41. The Balaban J connectivity index is 1.48. The van der Waals surface area contributed by atoms with Gasteiger partial charge in [0.05, 0.1) is 27.8 Å². The lowest BCUT2D eigenvalue weighted by molar-refractivity contribution is 0.959. The van der Waals surface area contributed by atoms with Gasteiger partial charge in [-0.3, -0.25) is 4.98 Å². The monoisotopic (exact) mass is 526 g/mol. The van der Waals surface area contributed by atoms with E-state index in [-0.39, 0.29) is 0 Å². The van der Waals surface area contributed by atoms with Gasteiger partial charge in [-0.05, 0) is 65.7 Å². The van der Waals surface area contributed by atoms with E-state index in [1.807, 2.05) is 24.4 Å². The molecule has 0 aliphatic rings. The molecule has 0 bridgehead atoms. The van der Waals surface area contributed by atoms with Crippen LogP contribution in [0, 0.1) is 0 Å². The number of nitrogens with zero attached hydrogens (tertiary/aromatic N) is 4. The molecule has 0 aliphatic carbocycles. The highest BCUT2D eigenvalue weighted by molar-refractivity contribution is 6.17. The van der Waals surface area contributed by atoms with Crippen LogP contribution < -0.4 is 0 Å². The van der Waals surface area contributed by atoms with E-state index in [1.54, 1.807) is 0 Å². The summed E-state index contributed by atoms with van der Waals surface area (Å²) in [6.45, 7) is 0. The first-order chi connectivity index (χ1) is 20.3. The predicted octanol–water partition coefficient (Wildman–Crippen LogP) is 9.07. The van der Waals surface area contributed by atoms with Crippen molar-refractivity contribution in [1.82, 2.24) is 19.1 Å². The van der Waals surface area contributed by atoms with E-state index in [0.29, 0.717) is 0 Å². The first-order valence-electron chi connectivity index (χ1n) is 13.8. The molecule has 0 unspecified atom stereocenters. The molecule has 0 amide bonds. The summed E-state index contributed by atoms with van der Waals surface area (Å²) in [6, 6.07) is 47.0. The second kappa shape index (κ2) is 9.32. The largest absolute Gasteiger partial charge is 0.327 e. The van der Waals surface area contributed by atoms with E-state index >= 15 is 0 Å². The molecular formula is C37H26N4. The van der Waals surface area contributed by atoms with Crippen LogP contribution in [-0.2, 0) is 7.05 Å². The molecule has 0 atom stereocenters. The SMILES string of the molecule is Cn1c(-c2cc(-c3ccccc3)c3c4ccccc4n(-c4cccc(-c5ccccn5)c4)c3c2)nc2ccccc21. The summed E-state index contributed by atoms with van der Waals surface area (Å²) in [7, 11) is 2.10. The highest BCUT2D eigenvalue weighted by Gasteiger charge is 2.20. The number of imidazole rings is 1. The maximum Gasteiger partial charge on any atom is 0.140 e. The Morgan fingerprint density at radius 2 is 1.32 bits per heavy atom. The number of fused-ring (bicyclic) bond motifs is 4. The van der Waals surface area contributed by atoms with E-state index in [4.69, 9.17) is 4.98 Å². The third kappa shape index (κ3) is 3.76. The van der Waals surface area contributed by atoms with Crippen molar-refractivity contribution in [2.45, 2.75) is 0 Å². The maximum absolute atomic E-state index is 5.08. The second-order valence-corrected chi connectivity index (χ2v) is 10.4. The lowest BCUT2D eigenvalue weighted by Crippen LogP contribution is -1.97. The fraction of sp³-hybridized carbons (Fsp3) is 0.0270. The Bertz CT molecular complexity index is 2210. The van der Waals surface area contributed by atoms with Gasteiger partial charge in [0.1, 0.15) is 5.82 Å². The standard InChI is InChI=1S/C37H26N4/c1-40-34-20-8-6-18-32(34)39-37(40)27-23-30(25-12-3-2-4-13-25)36-29-16-5-7-19-33(29)41(35(36)24-27)28-15-11-14-26(22-28)31-17-9-10-21-38-31/h2-24H,1H3. The summed E-state index contributed by atoms with van der Waals surface area (Å²) in [5.41, 5.74) is 11.0. The lowest BCUT2D eigenvalue weighted by Gasteiger charge is -2.13. The number of aryl methyl sites for hydroxylation is 1. The van der Waals surface area contributed by atoms with Gasteiger partial charge < -0.3 is 9.13 Å². The fourth-order valence-corrected chi connectivity index (χ4v) is 6.09. The molecular weight excluding hydrogens is 500 g/mol. The van der Waals surface area contributed by atoms with Crippen LogP contribution in [-0.4, -0.2) is 19.1 Å². The molecule has 0 fully saturated rings. The zero-order valence-corrected chi connectivity index (χ0v) is 22.6. The molecule has 41 heavy (non-hydrogen) atoms. The molecule has 0 radical (unpaired) electrons. The molecule has 0 spiro atoms. The number of benzene rings is 5. The van der Waals surface area contributed by atoms with E-state index in [9.17, 15) is 0 Å². The zero-order chi connectivity index (χ0) is 27.3. The topological polar surface area (TPSA) is 35.6 Å². The predicted molar refractivity (Wildman–Crippen MR) is 169 cm³/mol. The first kappa shape index (κ1) is 23.4. The van der Waals surface area contributed by atoms with Gasteiger partial charge in [0.2, 0.25) is 0 Å². The van der Waals surface area contributed by atoms with Gasteiger partial charge in [-0.1, -0.05) is 78.9 Å². The summed E-state index contributed by atoms with van der Waals surface area (Å²) < 4.78 is 4.58. The van der Waals surface area contributed by atoms with Crippen molar-refractivity contribution in [1.29, 1.82) is 0 Å². The summed E-state index contributed by atoms with van der Waals surface area (Å²) in [5, 5.41) is 2.46. The van der Waals surface area contributed by atoms with Crippen molar-refractivity contribution in [2.24, 2.45) is 7.05 Å². The number of para-hydroxylation sites is 3. The molecule has 8 rings (SSSR count). The van der Waals surface area contributed by atoms with E-state index in [0.717, 1.165) is 44.9 Å². The third-order valence-corrected chi connectivity index (χ3v) is 7.97. The number of rotatable bonds is 4. The Hall–Kier alpha value is -5.48. The van der Waals surface area contributed by atoms with Gasteiger partial charge >= 0.3 is 0 Å². The van der Waals surface area contributed by atoms with Gasteiger partial charge in [-0.2, -0.15) is 0 Å². The lowest BCUT2D eigenvalue weighted by atomic mass is 9.96. The van der Waals surface area contributed by atoms with Crippen LogP contribution in [0.2, 0.25) is 0 Å². The first-order valence-corrected chi connectivity index (χ1v) is 13.8. The van der Waals surface area contributed by atoms with Crippen molar-refractivity contribution in [3.63, 3.8) is 0 Å². The molecule has 3 heterocycles. The molecule has 0 N–H and O–H groups in total. The summed E-state index contributed by atoms with van der Waals surface area (Å²) in [6.07, 6.45) is 1.84. The molecule has 4 nitrogen and oxygen atoms in total. The average molecular weight is 527 g/mol. The molecule has 4 heteroatoms. The van der Waals surface area contributed by atoms with Crippen LogP contribution in [0.25, 0.3) is 72.3 Å². The van der Waals surface area contributed by atoms with Crippen molar-refractivity contribution in [3.8, 4) is 39.5 Å². The molecule has 5 aromatic carbocycles. The van der Waals surface area contributed by atoms with Crippen LogP contribution in [0.4, 0.5) is 0 Å². The van der Waals surface area contributed by atoms with Crippen LogP contribution in [0.3, 0.4) is 0 Å². The van der Waals surface area contributed by atoms with Crippen LogP contribution in [0.1, 0.15) is 0 Å². The number of aromatic nitrogens is 4. The average Bonchev–Trinajstić information content (AvgIpc) is 3.56. The Kier molecular flexibility index (Phi) is 5.32. The number of hydrogen-bond donors (Lipinski definition) is 0. The van der Waals surface area contributed by atoms with Crippen LogP contribution in [0.5, 0.6) is 0 Å². The highest BCUT2D eigenvalue weighted by atomic mass is 15.1. The minimum absolute atomic E-state index is 0.948. The van der Waals surface area contributed by atoms with Gasteiger partial charge in [0.15, 0.2) is 0 Å². The van der Waals surface area contributed by atoms with Crippen molar-refractivity contribution in [2.75, 3.05) is 0 Å². The smallest absolute Gasteiger partial charge is 0.140 e. The normalized spacial score (nSPS) is 11.5. The van der Waals surface area contributed by atoms with E-state index in [2.05, 4.69) is 136 Å². The quantitative estimate of drug-likeness (QED) is 0.229. The van der Waals surface area contributed by atoms with E-state index in [1.165, 1.54) is 27.4 Å². The molecule has 0 saturated heterocycles. The van der Waals surface area contributed by atoms with Gasteiger partial charge in [0, 0.05) is 40.8 Å². The van der Waals surface area contributed by atoms with Crippen molar-refractivity contribution < 1.29 is 0 Å². The Morgan fingerprint density at radius 1 is 0.561 bits per heavy atom. The van der Waals surface area contributed by atoms with Gasteiger partial charge in [-0.15, -0.1) is 0 Å². The summed E-state index contributed by atoms with van der Waals surface area (Å²) in [5.74, 6) is 0.948. The minimum atomic E-state index is 0.948. The van der Waals surface area contributed by atoms with Crippen molar-refractivity contribution >= 4 is 32.8 Å². The summed E-state index contributed by atoms with van der Waals surface area (Å²) >= 11 is 0. The molecule has 8 aromatic rings. The number of hydrogen-bond acceptors (Lipinski definition) is 2. The third-order valence-electron chi connectivity index (χ3n) is 7.97. The van der Waals surface area contributed by atoms with E-state index < -0.39 is 0 Å². The molecule has 0 aliphatic heterocycles. The molecule has 3 aromatic heterocycles. The maximum atomic E-state index is 5.08. The van der Waals surface area contributed by atoms with Crippen LogP contribution >= 0.6 is 0 Å². The fourth-order valence-electron chi connectivity index (χ4n) is 6.09. The van der Waals surface area contributed by atoms with Crippen LogP contribution in [0.15, 0.2) is 140 Å². The molecule has 0 saturated carbocycles. The minimum Gasteiger partial charge on any atom is -0.327 e. The van der Waals surface area contributed by atoms with Gasteiger partial charge in [0.25, 0.3) is 0 Å². The van der Waals surface area contributed by atoms with Gasteiger partial charge in [-0.25, -0.2) is 4.98 Å². The summed E-state index contributed by atoms with van der Waals surface area (Å²) in [4.78, 5) is 9.69. The number of pyridine rings is 1. The second-order valence-electron chi connectivity index (χ2n) is 10.4. The van der Waals surface area contributed by atoms with Crippen molar-refractivity contribution in [3.05, 3.63) is 140 Å². The zero-order valence-electron chi connectivity index (χ0n) is 22.6. The molecule has 194 valence electrons. The Morgan fingerprint density at radius 3 is 2.15 bits per heavy atom. The Labute approximate surface area is 237 Å².